The number of ether oxygens (including phenoxy) is 1. The fourth-order valence-corrected chi connectivity index (χ4v) is 3.27. The van der Waals surface area contributed by atoms with Crippen molar-refractivity contribution in [3.63, 3.8) is 0 Å². The minimum Gasteiger partial charge on any atom is -0.460 e. The number of cyclic esters (lactones) is 1. The van der Waals surface area contributed by atoms with Gasteiger partial charge < -0.3 is 15.4 Å². The summed E-state index contributed by atoms with van der Waals surface area (Å²) >= 11 is 0. The molecule has 0 radical (unpaired) electrons. The molecule has 17 heavy (non-hydrogen) atoms. The molecule has 0 spiro atoms. The molecule has 94 valence electrons. The van der Waals surface area contributed by atoms with Crippen molar-refractivity contribution in [1.29, 1.82) is 0 Å². The summed E-state index contributed by atoms with van der Waals surface area (Å²) in [6.07, 6.45) is 3.55. The molecule has 1 saturated carbocycles. The molecule has 1 aliphatic carbocycles. The second-order valence-corrected chi connectivity index (χ2v) is 5.43. The van der Waals surface area contributed by atoms with Gasteiger partial charge in [0.05, 0.1) is 18.5 Å². The molecule has 3 rings (SSSR count). The molecule has 3 fully saturated rings. The number of esters is 1. The van der Waals surface area contributed by atoms with Gasteiger partial charge in [0.1, 0.15) is 6.10 Å². The van der Waals surface area contributed by atoms with E-state index < -0.39 is 0 Å². The maximum Gasteiger partial charge on any atom is 0.308 e. The Labute approximate surface area is 100 Å². The number of hydrogen-bond acceptors (Lipinski definition) is 4. The van der Waals surface area contributed by atoms with Crippen LogP contribution in [0.5, 0.6) is 0 Å². The van der Waals surface area contributed by atoms with Crippen LogP contribution >= 0.6 is 0 Å². The lowest BCUT2D eigenvalue weighted by molar-refractivity contribution is -0.141. The van der Waals surface area contributed by atoms with E-state index in [4.69, 9.17) is 4.74 Å². The number of rotatable bonds is 2. The van der Waals surface area contributed by atoms with Crippen LogP contribution in [0.1, 0.15) is 32.6 Å². The van der Waals surface area contributed by atoms with Gasteiger partial charge in [-0.15, -0.1) is 0 Å². The largest absolute Gasteiger partial charge is 0.460 e. The van der Waals surface area contributed by atoms with Gasteiger partial charge in [0.2, 0.25) is 5.91 Å². The fourth-order valence-electron chi connectivity index (χ4n) is 3.27. The summed E-state index contributed by atoms with van der Waals surface area (Å²) in [6.45, 7) is 1.82. The third-order valence-electron chi connectivity index (χ3n) is 4.24. The van der Waals surface area contributed by atoms with Gasteiger partial charge in [-0.1, -0.05) is 0 Å². The molecule has 5 heteroatoms. The number of carbonyl (C=O) groups is 2. The highest BCUT2D eigenvalue weighted by Gasteiger charge is 2.44. The van der Waals surface area contributed by atoms with E-state index in [2.05, 4.69) is 10.6 Å². The van der Waals surface area contributed by atoms with E-state index in [0.29, 0.717) is 18.4 Å². The Morgan fingerprint density at radius 2 is 2.29 bits per heavy atom. The third-order valence-corrected chi connectivity index (χ3v) is 4.24. The predicted octanol–water partition coefficient (Wildman–Crippen LogP) is -0.0529. The Bertz CT molecular complexity index is 358. The monoisotopic (exact) mass is 238 g/mol. The number of hydrogen-bond donors (Lipinski definition) is 2. The Morgan fingerprint density at radius 1 is 1.47 bits per heavy atom. The molecule has 5 nitrogen and oxygen atoms in total. The summed E-state index contributed by atoms with van der Waals surface area (Å²) in [7, 11) is 0. The van der Waals surface area contributed by atoms with Gasteiger partial charge in [0, 0.05) is 6.04 Å². The first kappa shape index (κ1) is 11.0. The van der Waals surface area contributed by atoms with Crippen LogP contribution in [-0.2, 0) is 14.3 Å². The predicted molar refractivity (Wildman–Crippen MR) is 60.2 cm³/mol. The zero-order valence-electron chi connectivity index (χ0n) is 9.94. The number of amides is 1. The van der Waals surface area contributed by atoms with E-state index >= 15 is 0 Å². The Balaban J connectivity index is 1.59. The van der Waals surface area contributed by atoms with Crippen LogP contribution in [0.25, 0.3) is 0 Å². The minimum absolute atomic E-state index is 0.0346. The highest BCUT2D eigenvalue weighted by Crippen LogP contribution is 2.35. The summed E-state index contributed by atoms with van der Waals surface area (Å²) in [5.74, 6) is 0.296. The smallest absolute Gasteiger partial charge is 0.308 e. The van der Waals surface area contributed by atoms with Crippen molar-refractivity contribution in [1.82, 2.24) is 10.6 Å². The summed E-state index contributed by atoms with van der Waals surface area (Å²) in [4.78, 5) is 23.2. The van der Waals surface area contributed by atoms with Crippen molar-refractivity contribution in [3.8, 4) is 0 Å². The van der Waals surface area contributed by atoms with Gasteiger partial charge in [0.25, 0.3) is 0 Å². The molecule has 2 bridgehead atoms. The second-order valence-electron chi connectivity index (χ2n) is 5.43. The van der Waals surface area contributed by atoms with Crippen molar-refractivity contribution in [2.45, 2.75) is 56.8 Å². The quantitative estimate of drug-likeness (QED) is 0.662. The molecule has 0 unspecified atom stereocenters. The van der Waals surface area contributed by atoms with E-state index in [1.165, 1.54) is 6.42 Å². The average molecular weight is 238 g/mol. The molecule has 3 aliphatic rings. The SMILES string of the molecule is C[C@@H]1OC(=O)C[C@@H]1NC(=O)[C@H]1N[C@@H]2CC[C@H]1C2. The zero-order valence-corrected chi connectivity index (χ0v) is 9.94. The van der Waals surface area contributed by atoms with E-state index in [0.717, 1.165) is 12.8 Å². The molecule has 2 heterocycles. The summed E-state index contributed by atoms with van der Waals surface area (Å²) in [5, 5.41) is 6.29. The van der Waals surface area contributed by atoms with Gasteiger partial charge in [0.15, 0.2) is 0 Å². The Kier molecular flexibility index (Phi) is 2.58. The van der Waals surface area contributed by atoms with Crippen molar-refractivity contribution in [2.75, 3.05) is 0 Å². The van der Waals surface area contributed by atoms with E-state index in [9.17, 15) is 9.59 Å². The first-order valence-corrected chi connectivity index (χ1v) is 6.39. The van der Waals surface area contributed by atoms with Crippen molar-refractivity contribution < 1.29 is 14.3 Å². The summed E-state index contributed by atoms with van der Waals surface area (Å²) in [6, 6.07) is 0.308. The lowest BCUT2D eigenvalue weighted by Gasteiger charge is -2.24. The molecular formula is C12H18N2O3. The molecule has 0 aromatic rings. The molecule has 2 aliphatic heterocycles. The lowest BCUT2D eigenvalue weighted by atomic mass is 9.98. The minimum atomic E-state index is -0.219. The molecule has 2 N–H and O–H groups in total. The zero-order chi connectivity index (χ0) is 12.0. The molecule has 1 amide bonds. The van der Waals surface area contributed by atoms with Gasteiger partial charge in [-0.25, -0.2) is 0 Å². The average Bonchev–Trinajstić information content (AvgIpc) is 2.94. The van der Waals surface area contributed by atoms with Crippen LogP contribution in [0.2, 0.25) is 0 Å². The Hall–Kier alpha value is -1.10. The topological polar surface area (TPSA) is 67.4 Å². The van der Waals surface area contributed by atoms with Crippen LogP contribution < -0.4 is 10.6 Å². The maximum atomic E-state index is 12.1. The molecular weight excluding hydrogens is 220 g/mol. The number of piperidine rings is 1. The molecule has 5 atom stereocenters. The standard InChI is InChI=1S/C12H18N2O3/c1-6-9(5-10(15)17-6)14-12(16)11-7-2-3-8(4-7)13-11/h6-9,11,13H,2-5H2,1H3,(H,14,16)/t6-,7-,8+,9-,11-/m0/s1. The van der Waals surface area contributed by atoms with Gasteiger partial charge >= 0.3 is 5.97 Å². The third kappa shape index (κ3) is 1.92. The van der Waals surface area contributed by atoms with E-state index in [1.54, 1.807) is 0 Å². The van der Waals surface area contributed by atoms with Gasteiger partial charge in [-0.3, -0.25) is 9.59 Å². The number of carbonyl (C=O) groups excluding carboxylic acids is 2. The number of nitrogens with one attached hydrogen (secondary N) is 2. The van der Waals surface area contributed by atoms with Crippen LogP contribution in [0.15, 0.2) is 0 Å². The van der Waals surface area contributed by atoms with Crippen molar-refractivity contribution in [3.05, 3.63) is 0 Å². The Morgan fingerprint density at radius 3 is 2.82 bits per heavy atom. The van der Waals surface area contributed by atoms with Crippen LogP contribution in [-0.4, -0.2) is 36.1 Å². The van der Waals surface area contributed by atoms with Gasteiger partial charge in [-0.05, 0) is 32.1 Å². The first-order valence-electron chi connectivity index (χ1n) is 6.39. The maximum absolute atomic E-state index is 12.1. The second kappa shape index (κ2) is 3.98. The van der Waals surface area contributed by atoms with Crippen LogP contribution in [0, 0.1) is 5.92 Å². The van der Waals surface area contributed by atoms with Gasteiger partial charge in [-0.2, -0.15) is 0 Å². The summed E-state index contributed by atoms with van der Waals surface area (Å²) < 4.78 is 5.03. The highest BCUT2D eigenvalue weighted by molar-refractivity contribution is 5.84. The van der Waals surface area contributed by atoms with Crippen LogP contribution in [0.4, 0.5) is 0 Å². The normalized spacial score (nSPS) is 43.8. The van der Waals surface area contributed by atoms with Crippen molar-refractivity contribution >= 4 is 11.9 Å². The number of fused-ring (bicyclic) bond motifs is 2. The fraction of sp³-hybridized carbons (Fsp3) is 0.833. The van der Waals surface area contributed by atoms with E-state index in [-0.39, 0.29) is 30.1 Å². The molecule has 0 aromatic heterocycles. The van der Waals surface area contributed by atoms with Crippen LogP contribution in [0.3, 0.4) is 0 Å². The summed E-state index contributed by atoms with van der Waals surface area (Å²) in [5.41, 5.74) is 0. The highest BCUT2D eigenvalue weighted by atomic mass is 16.6. The lowest BCUT2D eigenvalue weighted by Crippen LogP contribution is -2.51. The van der Waals surface area contributed by atoms with Crippen molar-refractivity contribution in [2.24, 2.45) is 5.92 Å². The molecule has 2 saturated heterocycles. The molecule has 0 aromatic carbocycles. The first-order chi connectivity index (χ1) is 8.13. The van der Waals surface area contributed by atoms with E-state index in [1.807, 2.05) is 6.92 Å².